The Morgan fingerprint density at radius 1 is 0.842 bits per heavy atom. The van der Waals surface area contributed by atoms with Crippen LogP contribution in [0.4, 0.5) is 5.69 Å². The van der Waals surface area contributed by atoms with Crippen LogP contribution in [0.2, 0.25) is 5.02 Å². The van der Waals surface area contributed by atoms with Crippen LogP contribution in [0.25, 0.3) is 0 Å². The lowest BCUT2D eigenvalue weighted by atomic mass is 9.49. The molecule has 5 amide bonds. The molecule has 290 valence electrons. The van der Waals surface area contributed by atoms with Gasteiger partial charge in [-0.2, -0.15) is 5.26 Å². The van der Waals surface area contributed by atoms with E-state index in [1.165, 1.54) is 0 Å². The predicted octanol–water partition coefficient (Wildman–Crippen LogP) is 4.62. The molecule has 1 saturated carbocycles. The topological polar surface area (TPSA) is 143 Å². The van der Waals surface area contributed by atoms with Gasteiger partial charge in [0.15, 0.2) is 0 Å². The van der Waals surface area contributed by atoms with E-state index in [-0.39, 0.29) is 58.8 Å². The van der Waals surface area contributed by atoms with Crippen molar-refractivity contribution < 1.29 is 28.7 Å². The molecule has 0 bridgehead atoms. The van der Waals surface area contributed by atoms with Crippen molar-refractivity contribution in [2.45, 2.75) is 71.3 Å². The van der Waals surface area contributed by atoms with E-state index in [4.69, 9.17) is 16.3 Å². The van der Waals surface area contributed by atoms with Crippen LogP contribution >= 0.6 is 11.6 Å². The Labute approximate surface area is 335 Å². The summed E-state index contributed by atoms with van der Waals surface area (Å²) in [5.74, 6) is 5.65. The highest BCUT2D eigenvalue weighted by Crippen LogP contribution is 2.59. The number of ether oxygens (including phenoxy) is 1. The average Bonchev–Trinajstić information content (AvgIpc) is 3.57. The van der Waals surface area contributed by atoms with Crippen molar-refractivity contribution in [1.29, 1.82) is 5.26 Å². The number of anilines is 1. The number of nitrogens with one attached hydrogen (secondary N) is 1. The molecule has 13 heteroatoms. The van der Waals surface area contributed by atoms with Crippen molar-refractivity contribution in [3.8, 4) is 23.7 Å². The largest absolute Gasteiger partial charge is 0.489 e. The van der Waals surface area contributed by atoms with Gasteiger partial charge in [0.2, 0.25) is 11.8 Å². The van der Waals surface area contributed by atoms with E-state index in [1.54, 1.807) is 30.3 Å². The van der Waals surface area contributed by atoms with Crippen molar-refractivity contribution in [3.63, 3.8) is 0 Å². The monoisotopic (exact) mass is 784 g/mol. The fourth-order valence-corrected chi connectivity index (χ4v) is 10.5. The van der Waals surface area contributed by atoms with E-state index >= 15 is 0 Å². The minimum absolute atomic E-state index is 0.0221. The highest BCUT2D eigenvalue weighted by molar-refractivity contribution is 6.31. The van der Waals surface area contributed by atoms with Gasteiger partial charge < -0.3 is 14.5 Å². The molecule has 9 rings (SSSR count). The Hall–Kier alpha value is -5.69. The number of halogens is 1. The number of amides is 5. The van der Waals surface area contributed by atoms with Crippen LogP contribution in [0.1, 0.15) is 88.3 Å². The molecule has 6 aliphatic rings. The number of piperidine rings is 1. The first-order chi connectivity index (χ1) is 27.1. The highest BCUT2D eigenvalue weighted by Gasteiger charge is 2.67. The summed E-state index contributed by atoms with van der Waals surface area (Å²) in [7, 11) is 0. The Morgan fingerprint density at radius 2 is 1.56 bits per heavy atom. The molecule has 0 spiro atoms. The van der Waals surface area contributed by atoms with E-state index in [1.807, 2.05) is 29.2 Å². The van der Waals surface area contributed by atoms with Crippen LogP contribution in [-0.4, -0.2) is 94.6 Å². The molecule has 5 heterocycles. The van der Waals surface area contributed by atoms with E-state index in [9.17, 15) is 29.2 Å². The number of carbonyl (C=O) groups excluding carboxylic acids is 5. The Balaban J connectivity index is 0.783. The molecule has 1 N–H and O–H groups in total. The molecule has 4 fully saturated rings. The minimum atomic E-state index is -0.983. The summed E-state index contributed by atoms with van der Waals surface area (Å²) in [5.41, 5.74) is 3.71. The first-order valence-electron chi connectivity index (χ1n) is 19.3. The van der Waals surface area contributed by atoms with Crippen molar-refractivity contribution in [1.82, 2.24) is 20.0 Å². The van der Waals surface area contributed by atoms with Crippen LogP contribution in [-0.2, 0) is 16.1 Å². The molecular formula is C44H41ClN6O6. The molecule has 57 heavy (non-hydrogen) atoms. The molecule has 12 nitrogen and oxygen atoms in total. The Morgan fingerprint density at radius 3 is 2.26 bits per heavy atom. The summed E-state index contributed by atoms with van der Waals surface area (Å²) in [6.07, 6.45) is 0.0269. The second-order valence-electron chi connectivity index (χ2n) is 17.3. The van der Waals surface area contributed by atoms with E-state index in [0.717, 1.165) is 47.9 Å². The summed E-state index contributed by atoms with van der Waals surface area (Å²) >= 11 is 6.28. The molecule has 0 radical (unpaired) electrons. The van der Waals surface area contributed by atoms with E-state index in [0.29, 0.717) is 34.5 Å². The number of benzene rings is 3. The van der Waals surface area contributed by atoms with E-state index in [2.05, 4.69) is 60.7 Å². The predicted molar refractivity (Wildman–Crippen MR) is 209 cm³/mol. The van der Waals surface area contributed by atoms with Crippen molar-refractivity contribution in [3.05, 3.63) is 93.0 Å². The number of nitrogens with zero attached hydrogens (tertiary/aromatic N) is 5. The van der Waals surface area contributed by atoms with Crippen LogP contribution in [0.5, 0.6) is 5.75 Å². The molecule has 1 unspecified atom stereocenters. The standard InChI is InChI=1S/C44H41ClN6O6/c1-43(2)41(44(3,4)42(43)57-30-10-8-26(18-46)34(45)17-30)50-21-27-15-24(7-11-31(27)38(50)54)5-6-25-19-48(20-25)29-22-49(23-29)28-9-12-32-33(16-28)40(56)51(39(32)55)35-13-14-36(52)47-37(35)53/h7-12,15-17,25,29,35,41-42H,13-14,19-23H2,1-4H3,(H,47,52,53). The van der Waals surface area contributed by atoms with Gasteiger partial charge in [-0.1, -0.05) is 51.1 Å². The van der Waals surface area contributed by atoms with Crippen molar-refractivity contribution in [2.75, 3.05) is 31.1 Å². The number of fused-ring (bicyclic) bond motifs is 2. The van der Waals surface area contributed by atoms with Gasteiger partial charge in [-0.15, -0.1) is 0 Å². The SMILES string of the molecule is CC1(C)C(Oc2ccc(C#N)c(Cl)c2)C(C)(C)C1N1Cc2cc(C#CC3CN(C4CN(c5ccc6c(c5)C(=O)N(C5CCC(=O)NC5=O)C6=O)C4)C3)ccc2C1=O. The number of nitriles is 1. The lowest BCUT2D eigenvalue weighted by Gasteiger charge is -2.65. The zero-order chi connectivity index (χ0) is 40.1. The van der Waals surface area contributed by atoms with Gasteiger partial charge >= 0.3 is 0 Å². The van der Waals surface area contributed by atoms with E-state index < -0.39 is 29.7 Å². The quantitative estimate of drug-likeness (QED) is 0.280. The molecule has 1 aliphatic carbocycles. The van der Waals surface area contributed by atoms with Crippen LogP contribution < -0.4 is 15.0 Å². The summed E-state index contributed by atoms with van der Waals surface area (Å²) in [6, 6.07) is 17.6. The number of hydrogen-bond donors (Lipinski definition) is 1. The third-order valence-corrected chi connectivity index (χ3v) is 13.1. The number of hydrogen-bond acceptors (Lipinski definition) is 9. The lowest BCUT2D eigenvalue weighted by Crippen LogP contribution is -2.74. The smallest absolute Gasteiger partial charge is 0.262 e. The van der Waals surface area contributed by atoms with Gasteiger partial charge in [0, 0.05) is 90.9 Å². The maximum atomic E-state index is 13.8. The van der Waals surface area contributed by atoms with Crippen molar-refractivity contribution >= 4 is 46.8 Å². The fourth-order valence-electron chi connectivity index (χ4n) is 10.3. The Kier molecular flexibility index (Phi) is 8.54. The number of imide groups is 2. The van der Waals surface area contributed by atoms with Crippen molar-refractivity contribution in [2.24, 2.45) is 16.7 Å². The third-order valence-electron chi connectivity index (χ3n) is 12.8. The summed E-state index contributed by atoms with van der Waals surface area (Å²) in [5, 5.41) is 11.8. The normalized spacial score (nSPS) is 25.1. The second-order valence-corrected chi connectivity index (χ2v) is 17.7. The average molecular weight is 785 g/mol. The minimum Gasteiger partial charge on any atom is -0.489 e. The van der Waals surface area contributed by atoms with Crippen LogP contribution in [0, 0.1) is 39.9 Å². The maximum absolute atomic E-state index is 13.8. The fraction of sp³-hybridized carbons (Fsp3) is 0.409. The maximum Gasteiger partial charge on any atom is 0.262 e. The van der Waals surface area contributed by atoms with Gasteiger partial charge in [-0.05, 0) is 60.5 Å². The van der Waals surface area contributed by atoms with Gasteiger partial charge in [0.05, 0.1) is 21.7 Å². The molecule has 5 aliphatic heterocycles. The van der Waals surface area contributed by atoms with Crippen LogP contribution in [0.3, 0.4) is 0 Å². The van der Waals surface area contributed by atoms with Gasteiger partial charge in [-0.25, -0.2) is 0 Å². The van der Waals surface area contributed by atoms with Gasteiger partial charge in [0.25, 0.3) is 17.7 Å². The molecule has 3 saturated heterocycles. The zero-order valence-electron chi connectivity index (χ0n) is 32.1. The lowest BCUT2D eigenvalue weighted by molar-refractivity contribution is -0.199. The first-order valence-corrected chi connectivity index (χ1v) is 19.7. The Bertz CT molecular complexity index is 2400. The third kappa shape index (κ3) is 5.88. The zero-order valence-corrected chi connectivity index (χ0v) is 32.9. The molecule has 1 atom stereocenters. The summed E-state index contributed by atoms with van der Waals surface area (Å²) in [4.78, 5) is 71.7. The summed E-state index contributed by atoms with van der Waals surface area (Å²) < 4.78 is 6.46. The number of likely N-dealkylation sites (tertiary alicyclic amines) is 1. The second kappa shape index (κ2) is 13.2. The first kappa shape index (κ1) is 36.9. The number of rotatable bonds is 6. The van der Waals surface area contributed by atoms with Gasteiger partial charge in [-0.3, -0.25) is 39.1 Å². The molecule has 3 aromatic carbocycles. The molecular weight excluding hydrogens is 744 g/mol. The highest BCUT2D eigenvalue weighted by atomic mass is 35.5. The van der Waals surface area contributed by atoms with Gasteiger partial charge in [0.1, 0.15) is 24.0 Å². The van der Waals surface area contributed by atoms with Crippen LogP contribution in [0.15, 0.2) is 54.6 Å². The molecule has 0 aromatic heterocycles. The number of carbonyl (C=O) groups is 5. The summed E-state index contributed by atoms with van der Waals surface area (Å²) in [6.45, 7) is 12.4. The molecule has 3 aromatic rings.